The van der Waals surface area contributed by atoms with Gasteiger partial charge in [-0.3, -0.25) is 0 Å². The van der Waals surface area contributed by atoms with Gasteiger partial charge in [0.25, 0.3) is 0 Å². The van der Waals surface area contributed by atoms with E-state index >= 15 is 0 Å². The number of hydrogen-bond acceptors (Lipinski definition) is 2. The van der Waals surface area contributed by atoms with E-state index in [9.17, 15) is 0 Å². The summed E-state index contributed by atoms with van der Waals surface area (Å²) in [5.74, 6) is 0.620. The highest BCUT2D eigenvalue weighted by atomic mass is 35.5. The number of benzene rings is 1. The summed E-state index contributed by atoms with van der Waals surface area (Å²) in [6.07, 6.45) is 1.14. The molecule has 2 nitrogen and oxygen atoms in total. The lowest BCUT2D eigenvalue weighted by molar-refractivity contribution is 0.505. The number of rotatable bonds is 7. The Morgan fingerprint density at radius 1 is 1.26 bits per heavy atom. The quantitative estimate of drug-likeness (QED) is 0.749. The highest BCUT2D eigenvalue weighted by Crippen LogP contribution is 2.25. The molecule has 0 aromatic heterocycles. The van der Waals surface area contributed by atoms with E-state index in [1.807, 2.05) is 0 Å². The van der Waals surface area contributed by atoms with Gasteiger partial charge in [0.05, 0.1) is 0 Å². The van der Waals surface area contributed by atoms with Crippen LogP contribution in [0.25, 0.3) is 0 Å². The smallest absolute Gasteiger partial charge is 0.0471 e. The van der Waals surface area contributed by atoms with Crippen LogP contribution in [-0.2, 0) is 6.54 Å². The highest BCUT2D eigenvalue weighted by molar-refractivity contribution is 6.31. The van der Waals surface area contributed by atoms with E-state index in [1.54, 1.807) is 0 Å². The van der Waals surface area contributed by atoms with E-state index in [1.165, 1.54) is 11.3 Å². The largest absolute Gasteiger partial charge is 0.372 e. The van der Waals surface area contributed by atoms with Gasteiger partial charge in [-0.2, -0.15) is 0 Å². The third kappa shape index (κ3) is 4.70. The average Bonchev–Trinajstić information content (AvgIpc) is 2.39. The van der Waals surface area contributed by atoms with Crippen LogP contribution in [-0.4, -0.2) is 19.6 Å². The fourth-order valence-electron chi connectivity index (χ4n) is 1.98. The summed E-state index contributed by atoms with van der Waals surface area (Å²) < 4.78 is 0. The molecule has 3 heteroatoms. The molecular formula is C16H27ClN2. The molecule has 1 aromatic carbocycles. The van der Waals surface area contributed by atoms with E-state index in [0.717, 1.165) is 24.5 Å². The number of halogens is 1. The van der Waals surface area contributed by atoms with E-state index in [4.69, 9.17) is 11.6 Å². The van der Waals surface area contributed by atoms with Crippen LogP contribution in [0.5, 0.6) is 0 Å². The molecule has 0 aliphatic rings. The van der Waals surface area contributed by atoms with E-state index < -0.39 is 0 Å². The third-order valence-electron chi connectivity index (χ3n) is 3.76. The summed E-state index contributed by atoms with van der Waals surface area (Å²) >= 11 is 6.37. The summed E-state index contributed by atoms with van der Waals surface area (Å²) in [6, 6.07) is 6.86. The molecule has 1 aromatic rings. The predicted molar refractivity (Wildman–Crippen MR) is 86.2 cm³/mol. The van der Waals surface area contributed by atoms with Crippen molar-refractivity contribution in [3.8, 4) is 0 Å². The first kappa shape index (κ1) is 16.3. The molecule has 1 N–H and O–H groups in total. The summed E-state index contributed by atoms with van der Waals surface area (Å²) in [4.78, 5) is 2.29. The summed E-state index contributed by atoms with van der Waals surface area (Å²) in [6.45, 7) is 10.8. The van der Waals surface area contributed by atoms with Gasteiger partial charge in [-0.1, -0.05) is 38.4 Å². The Bertz CT molecular complexity index is 390. The molecule has 0 radical (unpaired) electrons. The second-order valence-corrected chi connectivity index (χ2v) is 5.96. The Kier molecular flexibility index (Phi) is 6.67. The number of hydrogen-bond donors (Lipinski definition) is 1. The van der Waals surface area contributed by atoms with Gasteiger partial charge >= 0.3 is 0 Å². The molecule has 19 heavy (non-hydrogen) atoms. The van der Waals surface area contributed by atoms with Crippen LogP contribution in [0, 0.1) is 5.92 Å². The molecule has 0 bridgehead atoms. The summed E-state index contributed by atoms with van der Waals surface area (Å²) in [5, 5.41) is 4.23. The third-order valence-corrected chi connectivity index (χ3v) is 4.11. The highest BCUT2D eigenvalue weighted by Gasteiger charge is 2.14. The van der Waals surface area contributed by atoms with Gasteiger partial charge in [0, 0.05) is 30.3 Å². The SMILES string of the molecule is CCCNCc1ccc(N(C)C(C)C(C)C)cc1Cl. The zero-order chi connectivity index (χ0) is 14.4. The molecule has 0 amide bonds. The van der Waals surface area contributed by atoms with Crippen molar-refractivity contribution < 1.29 is 0 Å². The number of nitrogens with one attached hydrogen (secondary N) is 1. The minimum atomic E-state index is 0.500. The molecule has 1 atom stereocenters. The number of anilines is 1. The molecule has 0 heterocycles. The maximum atomic E-state index is 6.37. The Morgan fingerprint density at radius 3 is 2.47 bits per heavy atom. The lowest BCUT2D eigenvalue weighted by Gasteiger charge is -2.30. The summed E-state index contributed by atoms with van der Waals surface area (Å²) in [5.41, 5.74) is 2.36. The predicted octanol–water partition coefficient (Wildman–Crippen LogP) is 4.32. The van der Waals surface area contributed by atoms with Crippen molar-refractivity contribution in [2.24, 2.45) is 5.92 Å². The Labute approximate surface area is 123 Å². The first-order valence-corrected chi connectivity index (χ1v) is 7.57. The van der Waals surface area contributed by atoms with Gasteiger partial charge in [-0.05, 0) is 43.5 Å². The Morgan fingerprint density at radius 2 is 1.95 bits per heavy atom. The van der Waals surface area contributed by atoms with Gasteiger partial charge < -0.3 is 10.2 Å². The van der Waals surface area contributed by atoms with Crippen LogP contribution in [0.3, 0.4) is 0 Å². The van der Waals surface area contributed by atoms with Gasteiger partial charge in [0.1, 0.15) is 0 Å². The average molecular weight is 283 g/mol. The van der Waals surface area contributed by atoms with Gasteiger partial charge in [0.15, 0.2) is 0 Å². The monoisotopic (exact) mass is 282 g/mol. The zero-order valence-electron chi connectivity index (χ0n) is 12.8. The fraction of sp³-hybridized carbons (Fsp3) is 0.625. The van der Waals surface area contributed by atoms with Crippen LogP contribution in [0.4, 0.5) is 5.69 Å². The van der Waals surface area contributed by atoms with Crippen LogP contribution in [0.2, 0.25) is 5.02 Å². The molecular weight excluding hydrogens is 256 g/mol. The minimum Gasteiger partial charge on any atom is -0.372 e. The first-order valence-electron chi connectivity index (χ1n) is 7.19. The molecule has 0 aliphatic heterocycles. The van der Waals surface area contributed by atoms with Crippen molar-refractivity contribution >= 4 is 17.3 Å². The maximum absolute atomic E-state index is 6.37. The van der Waals surface area contributed by atoms with Gasteiger partial charge in [-0.15, -0.1) is 0 Å². The summed E-state index contributed by atoms with van der Waals surface area (Å²) in [7, 11) is 2.13. The lowest BCUT2D eigenvalue weighted by Crippen LogP contribution is -2.33. The minimum absolute atomic E-state index is 0.500. The molecule has 0 fully saturated rings. The standard InChI is InChI=1S/C16H27ClN2/c1-6-9-18-11-14-7-8-15(10-16(14)17)19(5)13(4)12(2)3/h7-8,10,12-13,18H,6,9,11H2,1-5H3. The van der Waals surface area contributed by atoms with Gasteiger partial charge in [-0.25, -0.2) is 0 Å². The van der Waals surface area contributed by atoms with Crippen molar-refractivity contribution in [1.82, 2.24) is 5.32 Å². The second kappa shape index (κ2) is 7.76. The molecule has 0 spiro atoms. The maximum Gasteiger partial charge on any atom is 0.0471 e. The Hall–Kier alpha value is -0.730. The normalized spacial score (nSPS) is 12.8. The number of nitrogens with zero attached hydrogens (tertiary/aromatic N) is 1. The molecule has 0 saturated heterocycles. The molecule has 108 valence electrons. The fourth-order valence-corrected chi connectivity index (χ4v) is 2.22. The van der Waals surface area contributed by atoms with E-state index in [0.29, 0.717) is 12.0 Å². The molecule has 1 unspecified atom stereocenters. The van der Waals surface area contributed by atoms with Crippen molar-refractivity contribution in [3.05, 3.63) is 28.8 Å². The van der Waals surface area contributed by atoms with Gasteiger partial charge in [0.2, 0.25) is 0 Å². The molecule has 1 rings (SSSR count). The van der Waals surface area contributed by atoms with Crippen molar-refractivity contribution in [2.45, 2.75) is 46.7 Å². The lowest BCUT2D eigenvalue weighted by atomic mass is 10.0. The van der Waals surface area contributed by atoms with Crippen molar-refractivity contribution in [2.75, 3.05) is 18.5 Å². The molecule has 0 aliphatic carbocycles. The zero-order valence-corrected chi connectivity index (χ0v) is 13.6. The van der Waals surface area contributed by atoms with Crippen LogP contribution >= 0.6 is 11.6 Å². The van der Waals surface area contributed by atoms with E-state index in [-0.39, 0.29) is 0 Å². The topological polar surface area (TPSA) is 15.3 Å². The Balaban J connectivity index is 2.75. The van der Waals surface area contributed by atoms with Crippen LogP contribution < -0.4 is 10.2 Å². The van der Waals surface area contributed by atoms with Crippen molar-refractivity contribution in [1.29, 1.82) is 0 Å². The molecule has 0 saturated carbocycles. The first-order chi connectivity index (χ1) is 8.97. The van der Waals surface area contributed by atoms with Crippen molar-refractivity contribution in [3.63, 3.8) is 0 Å². The second-order valence-electron chi connectivity index (χ2n) is 5.55. The van der Waals surface area contributed by atoms with Crippen LogP contribution in [0.1, 0.15) is 39.7 Å². The van der Waals surface area contributed by atoms with E-state index in [2.05, 4.69) is 63.2 Å². The van der Waals surface area contributed by atoms with Crippen LogP contribution in [0.15, 0.2) is 18.2 Å².